The van der Waals surface area contributed by atoms with E-state index in [1.807, 2.05) is 0 Å². The molecule has 0 aliphatic rings. The zero-order valence-electron chi connectivity index (χ0n) is 9.41. The number of carbonyl (C=O) groups is 1. The average molecular weight is 291 g/mol. The minimum atomic E-state index is -1.21. The first-order chi connectivity index (χ1) is 8.51. The van der Waals surface area contributed by atoms with Gasteiger partial charge in [-0.1, -0.05) is 11.6 Å². The van der Waals surface area contributed by atoms with Gasteiger partial charge in [-0.25, -0.2) is 9.18 Å². The first kappa shape index (κ1) is 12.9. The van der Waals surface area contributed by atoms with Crippen LogP contribution in [-0.4, -0.2) is 25.3 Å². The fourth-order valence-electron chi connectivity index (χ4n) is 1.63. The predicted molar refractivity (Wildman–Crippen MR) is 66.9 cm³/mol. The average Bonchev–Trinajstić information content (AvgIpc) is 2.67. The predicted octanol–water partition coefficient (Wildman–Crippen LogP) is 3.41. The topological polar surface area (TPSA) is 55.8 Å². The second kappa shape index (κ2) is 4.62. The maximum absolute atomic E-state index is 13.9. The molecule has 0 atom stereocenters. The summed E-state index contributed by atoms with van der Waals surface area (Å²) < 4.78 is 24.3. The van der Waals surface area contributed by atoms with Gasteiger partial charge in [-0.3, -0.25) is 0 Å². The Morgan fingerprint density at radius 3 is 2.61 bits per heavy atom. The van der Waals surface area contributed by atoms with Gasteiger partial charge in [0.1, 0.15) is 10.7 Å². The molecule has 0 aliphatic carbocycles. The Balaban J connectivity index is 2.91. The van der Waals surface area contributed by atoms with Crippen molar-refractivity contribution < 1.29 is 23.8 Å². The molecule has 1 N–H and O–H groups in total. The van der Waals surface area contributed by atoms with Crippen LogP contribution < -0.4 is 9.47 Å². The SMILES string of the molecule is COc1cc(F)c2c(Cl)c(C(=O)O)sc2c1OC. The number of halogens is 2. The Morgan fingerprint density at radius 1 is 1.44 bits per heavy atom. The van der Waals surface area contributed by atoms with E-state index in [4.69, 9.17) is 26.2 Å². The number of ether oxygens (including phenoxy) is 2. The van der Waals surface area contributed by atoms with Crippen LogP contribution in [0.1, 0.15) is 9.67 Å². The van der Waals surface area contributed by atoms with Crippen LogP contribution in [0.4, 0.5) is 4.39 Å². The summed E-state index contributed by atoms with van der Waals surface area (Å²) in [4.78, 5) is 10.9. The third-order valence-electron chi connectivity index (χ3n) is 2.39. The van der Waals surface area contributed by atoms with Crippen LogP contribution in [-0.2, 0) is 0 Å². The van der Waals surface area contributed by atoms with Crippen LogP contribution in [0.5, 0.6) is 11.5 Å². The molecule has 0 amide bonds. The highest BCUT2D eigenvalue weighted by Gasteiger charge is 2.24. The Kier molecular flexibility index (Phi) is 3.32. The molecule has 0 aliphatic heterocycles. The van der Waals surface area contributed by atoms with E-state index >= 15 is 0 Å². The lowest BCUT2D eigenvalue weighted by atomic mass is 10.2. The molecular formula is C11H8ClFO4S. The zero-order chi connectivity index (χ0) is 13.4. The van der Waals surface area contributed by atoms with E-state index in [-0.39, 0.29) is 26.8 Å². The van der Waals surface area contributed by atoms with E-state index in [0.29, 0.717) is 4.70 Å². The number of carboxylic acids is 1. The van der Waals surface area contributed by atoms with Gasteiger partial charge >= 0.3 is 5.97 Å². The van der Waals surface area contributed by atoms with Gasteiger partial charge in [0.05, 0.1) is 29.3 Å². The summed E-state index contributed by atoms with van der Waals surface area (Å²) in [6.07, 6.45) is 0. The van der Waals surface area contributed by atoms with Gasteiger partial charge in [0.25, 0.3) is 0 Å². The number of rotatable bonds is 3. The van der Waals surface area contributed by atoms with Crippen molar-refractivity contribution in [2.24, 2.45) is 0 Å². The third-order valence-corrected chi connectivity index (χ3v) is 4.06. The lowest BCUT2D eigenvalue weighted by Gasteiger charge is -2.08. The maximum atomic E-state index is 13.9. The van der Waals surface area contributed by atoms with Gasteiger partial charge in [-0.15, -0.1) is 11.3 Å². The van der Waals surface area contributed by atoms with Gasteiger partial charge in [0, 0.05) is 6.07 Å². The maximum Gasteiger partial charge on any atom is 0.347 e. The highest BCUT2D eigenvalue weighted by molar-refractivity contribution is 7.22. The molecule has 0 unspecified atom stereocenters. The Labute approximate surface area is 110 Å². The summed E-state index contributed by atoms with van der Waals surface area (Å²) in [5, 5.41) is 8.89. The molecule has 1 aromatic carbocycles. The van der Waals surface area contributed by atoms with Crippen molar-refractivity contribution in [2.45, 2.75) is 0 Å². The van der Waals surface area contributed by atoms with Crippen molar-refractivity contribution in [1.29, 1.82) is 0 Å². The fourth-order valence-corrected chi connectivity index (χ4v) is 3.13. The summed E-state index contributed by atoms with van der Waals surface area (Å²) in [6, 6.07) is 1.12. The van der Waals surface area contributed by atoms with Crippen LogP contribution in [0.25, 0.3) is 10.1 Å². The van der Waals surface area contributed by atoms with E-state index in [1.54, 1.807) is 0 Å². The molecular weight excluding hydrogens is 283 g/mol. The van der Waals surface area contributed by atoms with Gasteiger partial charge < -0.3 is 14.6 Å². The number of fused-ring (bicyclic) bond motifs is 1. The third kappa shape index (κ3) is 1.77. The van der Waals surface area contributed by atoms with E-state index in [9.17, 15) is 9.18 Å². The minimum absolute atomic E-state index is 0.0386. The van der Waals surface area contributed by atoms with Crippen molar-refractivity contribution in [2.75, 3.05) is 14.2 Å². The first-order valence-electron chi connectivity index (χ1n) is 4.77. The number of methoxy groups -OCH3 is 2. The lowest BCUT2D eigenvalue weighted by molar-refractivity contribution is 0.0702. The standard InChI is InChI=1S/C11H8ClFO4S/c1-16-5-3-4(13)6-7(12)10(11(14)15)18-9(6)8(5)17-2/h3H,1-2H3,(H,14,15). The molecule has 0 bridgehead atoms. The largest absolute Gasteiger partial charge is 0.493 e. The molecule has 0 fully saturated rings. The van der Waals surface area contributed by atoms with Crippen LogP contribution in [0, 0.1) is 5.82 Å². The van der Waals surface area contributed by atoms with Gasteiger partial charge in [-0.2, -0.15) is 0 Å². The zero-order valence-corrected chi connectivity index (χ0v) is 11.0. The summed E-state index contributed by atoms with van der Waals surface area (Å²) in [5.41, 5.74) is 0. The Morgan fingerprint density at radius 2 is 2.11 bits per heavy atom. The quantitative estimate of drug-likeness (QED) is 0.941. The Hall–Kier alpha value is -1.53. The monoisotopic (exact) mass is 290 g/mol. The molecule has 0 spiro atoms. The summed E-state index contributed by atoms with van der Waals surface area (Å²) in [6.45, 7) is 0. The number of carboxylic acid groups (broad SMARTS) is 1. The molecule has 1 aromatic heterocycles. The molecule has 4 nitrogen and oxygen atoms in total. The van der Waals surface area contributed by atoms with E-state index in [0.717, 1.165) is 17.4 Å². The minimum Gasteiger partial charge on any atom is -0.493 e. The highest BCUT2D eigenvalue weighted by Crippen LogP contribution is 2.46. The number of hydrogen-bond donors (Lipinski definition) is 1. The van der Waals surface area contributed by atoms with Gasteiger partial charge in [0.2, 0.25) is 0 Å². The fraction of sp³-hybridized carbons (Fsp3) is 0.182. The molecule has 0 saturated carbocycles. The van der Waals surface area contributed by atoms with Gasteiger partial charge in [0.15, 0.2) is 11.5 Å². The van der Waals surface area contributed by atoms with Crippen LogP contribution in [0.3, 0.4) is 0 Å². The normalized spacial score (nSPS) is 10.7. The van der Waals surface area contributed by atoms with Crippen molar-refractivity contribution in [3.05, 3.63) is 21.8 Å². The van der Waals surface area contributed by atoms with E-state index < -0.39 is 11.8 Å². The summed E-state index contributed by atoms with van der Waals surface area (Å²) >= 11 is 6.73. The molecule has 2 aromatic rings. The van der Waals surface area contributed by atoms with Crippen molar-refractivity contribution in [3.63, 3.8) is 0 Å². The van der Waals surface area contributed by atoms with Crippen molar-refractivity contribution >= 4 is 39.0 Å². The number of aromatic carboxylic acids is 1. The molecule has 1 heterocycles. The van der Waals surface area contributed by atoms with E-state index in [2.05, 4.69) is 0 Å². The number of benzene rings is 1. The molecule has 7 heteroatoms. The van der Waals surface area contributed by atoms with Crippen LogP contribution >= 0.6 is 22.9 Å². The molecule has 2 rings (SSSR count). The molecule has 0 radical (unpaired) electrons. The summed E-state index contributed by atoms with van der Waals surface area (Å²) in [5.74, 6) is -1.39. The molecule has 18 heavy (non-hydrogen) atoms. The van der Waals surface area contributed by atoms with E-state index in [1.165, 1.54) is 14.2 Å². The molecule has 0 saturated heterocycles. The number of hydrogen-bond acceptors (Lipinski definition) is 4. The first-order valence-corrected chi connectivity index (χ1v) is 5.96. The lowest BCUT2D eigenvalue weighted by Crippen LogP contribution is -1.92. The van der Waals surface area contributed by atoms with Crippen LogP contribution in [0.15, 0.2) is 6.07 Å². The highest BCUT2D eigenvalue weighted by atomic mass is 35.5. The molecule has 96 valence electrons. The van der Waals surface area contributed by atoms with Crippen molar-refractivity contribution in [1.82, 2.24) is 0 Å². The second-order valence-corrected chi connectivity index (χ2v) is 4.75. The second-order valence-electron chi connectivity index (χ2n) is 3.35. The summed E-state index contributed by atoms with van der Waals surface area (Å²) in [7, 11) is 2.76. The van der Waals surface area contributed by atoms with Crippen LogP contribution in [0.2, 0.25) is 5.02 Å². The smallest absolute Gasteiger partial charge is 0.347 e. The number of thiophene rings is 1. The van der Waals surface area contributed by atoms with Gasteiger partial charge in [-0.05, 0) is 0 Å². The van der Waals surface area contributed by atoms with Crippen molar-refractivity contribution in [3.8, 4) is 11.5 Å². The Bertz CT molecular complexity index is 638.